The summed E-state index contributed by atoms with van der Waals surface area (Å²) in [6, 6.07) is 35.6. The second kappa shape index (κ2) is 12.2. The minimum Gasteiger partial charge on any atom is -0.356 e. The number of rotatable bonds is 2. The minimum absolute atomic E-state index is 0.000612. The van der Waals surface area contributed by atoms with Crippen LogP contribution < -0.4 is 21.7 Å². The van der Waals surface area contributed by atoms with Gasteiger partial charge in [0.15, 0.2) is 0 Å². The molecular formula is C53H56BFN2. The lowest BCUT2D eigenvalue weighted by Crippen LogP contribution is -2.59. The van der Waals surface area contributed by atoms with E-state index in [2.05, 4.69) is 173 Å². The SMILES string of the molecule is Cc1ccc(C(C)(C)C)cc1-c1cc(C(C)(C)C)cc2c1Nc1cc(-c3cccc(F)c3)cc3c1B2c1cc(C(C)(C)C)cc2c4cc(C(C)(C)C)ccc4n-3c12. The summed E-state index contributed by atoms with van der Waals surface area (Å²) < 4.78 is 17.5. The van der Waals surface area contributed by atoms with Gasteiger partial charge < -0.3 is 9.88 Å². The van der Waals surface area contributed by atoms with Crippen molar-refractivity contribution in [1.82, 2.24) is 4.57 Å². The zero-order valence-electron chi connectivity index (χ0n) is 36.1. The third-order valence-electron chi connectivity index (χ3n) is 12.8. The van der Waals surface area contributed by atoms with Crippen LogP contribution in [-0.4, -0.2) is 11.3 Å². The van der Waals surface area contributed by atoms with E-state index in [4.69, 9.17) is 0 Å². The van der Waals surface area contributed by atoms with Crippen molar-refractivity contribution in [2.75, 3.05) is 5.32 Å². The summed E-state index contributed by atoms with van der Waals surface area (Å²) in [6.45, 7) is 30.0. The van der Waals surface area contributed by atoms with Gasteiger partial charge in [-0.3, -0.25) is 0 Å². The molecule has 0 saturated carbocycles. The predicted molar refractivity (Wildman–Crippen MR) is 246 cm³/mol. The summed E-state index contributed by atoms with van der Waals surface area (Å²) in [5.41, 5.74) is 20.6. The van der Waals surface area contributed by atoms with Crippen LogP contribution in [0.5, 0.6) is 0 Å². The van der Waals surface area contributed by atoms with Gasteiger partial charge in [0.25, 0.3) is 6.71 Å². The van der Waals surface area contributed by atoms with Crippen molar-refractivity contribution in [3.63, 3.8) is 0 Å². The van der Waals surface area contributed by atoms with Crippen LogP contribution in [0, 0.1) is 12.7 Å². The summed E-state index contributed by atoms with van der Waals surface area (Å²) in [4.78, 5) is 0. The van der Waals surface area contributed by atoms with Crippen LogP contribution in [0.15, 0.2) is 97.1 Å². The van der Waals surface area contributed by atoms with Crippen LogP contribution in [-0.2, 0) is 21.7 Å². The Morgan fingerprint density at radius 1 is 0.544 bits per heavy atom. The molecule has 0 radical (unpaired) electrons. The van der Waals surface area contributed by atoms with Crippen molar-refractivity contribution in [1.29, 1.82) is 0 Å². The van der Waals surface area contributed by atoms with E-state index >= 15 is 0 Å². The molecule has 0 amide bonds. The van der Waals surface area contributed by atoms with Gasteiger partial charge in [0, 0.05) is 38.9 Å². The van der Waals surface area contributed by atoms with Gasteiger partial charge in [-0.1, -0.05) is 132 Å². The Morgan fingerprint density at radius 2 is 1.14 bits per heavy atom. The van der Waals surface area contributed by atoms with E-state index in [9.17, 15) is 4.39 Å². The Labute approximate surface area is 339 Å². The first-order valence-electron chi connectivity index (χ1n) is 20.7. The average molecular weight is 751 g/mol. The molecule has 0 spiro atoms. The third kappa shape index (κ3) is 5.96. The fraction of sp³-hybridized carbons (Fsp3) is 0.321. The molecule has 0 aliphatic carbocycles. The lowest BCUT2D eigenvalue weighted by molar-refractivity contribution is 0.589. The first-order chi connectivity index (χ1) is 26.6. The van der Waals surface area contributed by atoms with Gasteiger partial charge in [-0.15, -0.1) is 0 Å². The fourth-order valence-corrected chi connectivity index (χ4v) is 9.28. The normalized spacial score (nSPS) is 13.9. The fourth-order valence-electron chi connectivity index (χ4n) is 9.28. The summed E-state index contributed by atoms with van der Waals surface area (Å²) >= 11 is 0. The maximum Gasteiger partial charge on any atom is 0.252 e. The number of aryl methyl sites for hydroxylation is 1. The molecule has 2 nitrogen and oxygen atoms in total. The smallest absolute Gasteiger partial charge is 0.252 e. The van der Waals surface area contributed by atoms with Crippen LogP contribution in [0.4, 0.5) is 15.8 Å². The summed E-state index contributed by atoms with van der Waals surface area (Å²) in [5.74, 6) is -0.232. The maximum atomic E-state index is 15.0. The summed E-state index contributed by atoms with van der Waals surface area (Å²) in [6.07, 6.45) is 0. The quantitative estimate of drug-likeness (QED) is 0.174. The van der Waals surface area contributed by atoms with Crippen molar-refractivity contribution >= 4 is 56.3 Å². The van der Waals surface area contributed by atoms with E-state index in [0.717, 1.165) is 28.2 Å². The highest BCUT2D eigenvalue weighted by Crippen LogP contribution is 2.44. The van der Waals surface area contributed by atoms with Gasteiger partial charge in [0.1, 0.15) is 5.82 Å². The molecule has 9 rings (SSSR count). The maximum absolute atomic E-state index is 15.0. The monoisotopic (exact) mass is 750 g/mol. The predicted octanol–water partition coefficient (Wildman–Crippen LogP) is 12.6. The van der Waals surface area contributed by atoms with Crippen LogP contribution in [0.25, 0.3) is 49.7 Å². The Morgan fingerprint density at radius 3 is 1.81 bits per heavy atom. The van der Waals surface area contributed by atoms with E-state index in [1.807, 2.05) is 12.1 Å². The van der Waals surface area contributed by atoms with E-state index in [0.29, 0.717) is 0 Å². The van der Waals surface area contributed by atoms with Gasteiger partial charge in [0.2, 0.25) is 0 Å². The van der Waals surface area contributed by atoms with Crippen molar-refractivity contribution in [2.24, 2.45) is 0 Å². The highest BCUT2D eigenvalue weighted by molar-refractivity contribution is 7.00. The summed E-state index contributed by atoms with van der Waals surface area (Å²) in [7, 11) is 0. The molecule has 288 valence electrons. The Balaban J connectivity index is 1.47. The molecule has 6 aromatic carbocycles. The molecule has 0 saturated heterocycles. The van der Waals surface area contributed by atoms with Crippen molar-refractivity contribution in [3.8, 4) is 27.9 Å². The first-order valence-corrected chi connectivity index (χ1v) is 20.7. The molecule has 0 unspecified atom stereocenters. The molecule has 7 aromatic rings. The molecular weight excluding hydrogens is 694 g/mol. The first kappa shape index (κ1) is 37.5. The van der Waals surface area contributed by atoms with Gasteiger partial charge in [0.05, 0.1) is 5.52 Å². The standard InChI is InChI=1S/C53H56BFN2/c1-30-17-18-33(50(2,3)4)24-38(30)40-26-35(52(8,9)10)28-42-48(40)56-44-22-32(31-15-14-16-37(55)21-31)23-46-47(44)54(42)43-29-36(53(11,12)13)27-41-39-25-34(51(5,6)7)19-20-45(39)57(46)49(41)43/h14-29,56H,1-13H3. The number of nitrogens with one attached hydrogen (secondary N) is 1. The molecule has 4 heteroatoms. The van der Waals surface area contributed by atoms with Gasteiger partial charge >= 0.3 is 0 Å². The molecule has 0 bridgehead atoms. The van der Waals surface area contributed by atoms with Crippen LogP contribution in [0.1, 0.15) is 111 Å². The lowest BCUT2D eigenvalue weighted by Gasteiger charge is -2.37. The number of nitrogens with zero attached hydrogens (tertiary/aromatic N) is 1. The van der Waals surface area contributed by atoms with E-state index in [-0.39, 0.29) is 34.2 Å². The van der Waals surface area contributed by atoms with Crippen molar-refractivity contribution < 1.29 is 4.39 Å². The lowest BCUT2D eigenvalue weighted by atomic mass is 9.33. The second-order valence-electron chi connectivity index (χ2n) is 21.1. The Kier molecular flexibility index (Phi) is 8.03. The highest BCUT2D eigenvalue weighted by Gasteiger charge is 2.42. The van der Waals surface area contributed by atoms with Crippen LogP contribution in [0.2, 0.25) is 0 Å². The zero-order valence-corrected chi connectivity index (χ0v) is 36.1. The molecule has 57 heavy (non-hydrogen) atoms. The Bertz CT molecular complexity index is 2830. The van der Waals surface area contributed by atoms with E-state index < -0.39 is 0 Å². The number of halogens is 1. The van der Waals surface area contributed by atoms with Crippen LogP contribution >= 0.6 is 0 Å². The molecule has 2 aliphatic rings. The third-order valence-corrected chi connectivity index (χ3v) is 12.8. The largest absolute Gasteiger partial charge is 0.356 e. The Hall–Kier alpha value is -5.09. The number of hydrogen-bond acceptors (Lipinski definition) is 1. The van der Waals surface area contributed by atoms with Gasteiger partial charge in [-0.25, -0.2) is 4.39 Å². The van der Waals surface area contributed by atoms with Crippen LogP contribution in [0.3, 0.4) is 0 Å². The average Bonchev–Trinajstić information content (AvgIpc) is 3.45. The van der Waals surface area contributed by atoms with E-state index in [1.165, 1.54) is 83.2 Å². The second-order valence-corrected chi connectivity index (χ2v) is 21.1. The highest BCUT2D eigenvalue weighted by atomic mass is 19.1. The molecule has 1 aromatic heterocycles. The molecule has 0 atom stereocenters. The molecule has 2 aliphatic heterocycles. The minimum atomic E-state index is -0.232. The zero-order chi connectivity index (χ0) is 40.7. The topological polar surface area (TPSA) is 17.0 Å². The number of anilines is 2. The molecule has 0 fully saturated rings. The number of benzene rings is 6. The molecule has 3 heterocycles. The van der Waals surface area contributed by atoms with Crippen molar-refractivity contribution in [2.45, 2.75) is 112 Å². The van der Waals surface area contributed by atoms with Gasteiger partial charge in [-0.05, 0) is 138 Å². The van der Waals surface area contributed by atoms with Gasteiger partial charge in [-0.2, -0.15) is 0 Å². The summed E-state index contributed by atoms with van der Waals surface area (Å²) in [5, 5.41) is 6.68. The number of fused-ring (bicyclic) bond motifs is 7. The van der Waals surface area contributed by atoms with Crippen molar-refractivity contribution in [3.05, 3.63) is 131 Å². The number of aromatic nitrogens is 1. The number of hydrogen-bond donors (Lipinski definition) is 1. The van der Waals surface area contributed by atoms with E-state index in [1.54, 1.807) is 6.07 Å². The molecule has 1 N–H and O–H groups in total.